The van der Waals surface area contributed by atoms with Gasteiger partial charge >= 0.3 is 0 Å². The molecule has 0 aliphatic rings. The molecule has 2 nitrogen and oxygen atoms in total. The highest BCUT2D eigenvalue weighted by molar-refractivity contribution is 9.10. The van der Waals surface area contributed by atoms with Crippen LogP contribution in [0.3, 0.4) is 0 Å². The molecule has 0 amide bonds. The van der Waals surface area contributed by atoms with Crippen molar-refractivity contribution in [2.24, 2.45) is 0 Å². The molecule has 1 heterocycles. The van der Waals surface area contributed by atoms with Gasteiger partial charge in [0.1, 0.15) is 5.82 Å². The smallest absolute Gasteiger partial charge is 0.124 e. The highest BCUT2D eigenvalue weighted by Gasteiger charge is 2.06. The molecule has 2 aromatic rings. The predicted molar refractivity (Wildman–Crippen MR) is 73.6 cm³/mol. The van der Waals surface area contributed by atoms with E-state index in [1.165, 1.54) is 12.1 Å². The van der Waals surface area contributed by atoms with Crippen molar-refractivity contribution in [1.29, 1.82) is 0 Å². The topological polar surface area (TPSA) is 24.9 Å². The zero-order chi connectivity index (χ0) is 13.0. The monoisotopic (exact) mass is 308 g/mol. The van der Waals surface area contributed by atoms with Crippen LogP contribution in [0.5, 0.6) is 0 Å². The summed E-state index contributed by atoms with van der Waals surface area (Å²) in [7, 11) is 0. The van der Waals surface area contributed by atoms with Gasteiger partial charge < -0.3 is 5.32 Å². The van der Waals surface area contributed by atoms with Gasteiger partial charge in [0.2, 0.25) is 0 Å². The first-order valence-electron chi connectivity index (χ1n) is 5.74. The average Bonchev–Trinajstić information content (AvgIpc) is 2.36. The van der Waals surface area contributed by atoms with Crippen LogP contribution in [0.4, 0.5) is 4.39 Å². The van der Waals surface area contributed by atoms with Gasteiger partial charge in [0.15, 0.2) is 0 Å². The molecule has 0 unspecified atom stereocenters. The molecule has 0 bridgehead atoms. The van der Waals surface area contributed by atoms with Crippen LogP contribution in [0.1, 0.15) is 24.2 Å². The minimum Gasteiger partial charge on any atom is -0.305 e. The molecule has 0 saturated carbocycles. The van der Waals surface area contributed by atoms with Gasteiger partial charge in [0.05, 0.1) is 5.69 Å². The van der Waals surface area contributed by atoms with Gasteiger partial charge in [-0.05, 0) is 42.8 Å². The van der Waals surface area contributed by atoms with Crippen molar-refractivity contribution in [2.45, 2.75) is 19.5 Å². The molecule has 18 heavy (non-hydrogen) atoms. The molecule has 0 aliphatic heterocycles. The van der Waals surface area contributed by atoms with Crippen molar-refractivity contribution in [1.82, 2.24) is 10.3 Å². The van der Waals surface area contributed by atoms with Crippen LogP contribution in [-0.4, -0.2) is 4.98 Å². The largest absolute Gasteiger partial charge is 0.305 e. The van der Waals surface area contributed by atoms with E-state index in [4.69, 9.17) is 0 Å². The van der Waals surface area contributed by atoms with E-state index in [9.17, 15) is 4.39 Å². The maximum absolute atomic E-state index is 13.2. The number of pyridine rings is 1. The SMILES string of the molecule is C[C@@H](NCc1cc(F)cc(Br)c1)c1ccccn1. The number of nitrogens with one attached hydrogen (secondary N) is 1. The van der Waals surface area contributed by atoms with Gasteiger partial charge in [-0.3, -0.25) is 4.98 Å². The van der Waals surface area contributed by atoms with E-state index in [2.05, 4.69) is 26.2 Å². The number of benzene rings is 1. The van der Waals surface area contributed by atoms with Crippen LogP contribution in [0.25, 0.3) is 0 Å². The lowest BCUT2D eigenvalue weighted by molar-refractivity contribution is 0.557. The zero-order valence-corrected chi connectivity index (χ0v) is 11.6. The van der Waals surface area contributed by atoms with Crippen LogP contribution >= 0.6 is 15.9 Å². The van der Waals surface area contributed by atoms with Crippen molar-refractivity contribution >= 4 is 15.9 Å². The number of rotatable bonds is 4. The molecule has 0 saturated heterocycles. The van der Waals surface area contributed by atoms with Gasteiger partial charge in [-0.25, -0.2) is 4.39 Å². The van der Waals surface area contributed by atoms with Crippen molar-refractivity contribution in [3.05, 3.63) is 64.1 Å². The fourth-order valence-electron chi connectivity index (χ4n) is 1.72. The number of hydrogen-bond donors (Lipinski definition) is 1. The quantitative estimate of drug-likeness (QED) is 0.928. The molecule has 94 valence electrons. The number of nitrogens with zero attached hydrogens (tertiary/aromatic N) is 1. The van der Waals surface area contributed by atoms with E-state index in [0.29, 0.717) is 6.54 Å². The molecule has 0 spiro atoms. The normalized spacial score (nSPS) is 12.4. The summed E-state index contributed by atoms with van der Waals surface area (Å²) in [6, 6.07) is 10.8. The molecule has 4 heteroatoms. The Hall–Kier alpha value is -1.26. The summed E-state index contributed by atoms with van der Waals surface area (Å²) in [4.78, 5) is 4.28. The first-order valence-corrected chi connectivity index (χ1v) is 6.54. The Morgan fingerprint density at radius 2 is 2.17 bits per heavy atom. The van der Waals surface area contributed by atoms with Gasteiger partial charge in [-0.15, -0.1) is 0 Å². The second kappa shape index (κ2) is 6.07. The van der Waals surface area contributed by atoms with Crippen molar-refractivity contribution < 1.29 is 4.39 Å². The molecular weight excluding hydrogens is 295 g/mol. The molecule has 0 fully saturated rings. The minimum atomic E-state index is -0.230. The number of aromatic nitrogens is 1. The lowest BCUT2D eigenvalue weighted by Gasteiger charge is -2.13. The number of halogens is 2. The molecule has 1 N–H and O–H groups in total. The second-order valence-electron chi connectivity index (χ2n) is 4.13. The molecular formula is C14H14BrFN2. The fraction of sp³-hybridized carbons (Fsp3) is 0.214. The first kappa shape index (κ1) is 13.2. The van der Waals surface area contributed by atoms with Gasteiger partial charge in [-0.1, -0.05) is 22.0 Å². The number of hydrogen-bond acceptors (Lipinski definition) is 2. The third kappa shape index (κ3) is 3.62. The molecule has 0 radical (unpaired) electrons. The predicted octanol–water partition coefficient (Wildman–Crippen LogP) is 3.83. The van der Waals surface area contributed by atoms with Crippen LogP contribution in [0, 0.1) is 5.82 Å². The van der Waals surface area contributed by atoms with Crippen LogP contribution in [0.2, 0.25) is 0 Å². The van der Waals surface area contributed by atoms with Crippen molar-refractivity contribution in [3.63, 3.8) is 0 Å². The van der Waals surface area contributed by atoms with E-state index in [0.717, 1.165) is 15.7 Å². The maximum atomic E-state index is 13.2. The summed E-state index contributed by atoms with van der Waals surface area (Å²) >= 11 is 3.28. The molecule has 1 aromatic carbocycles. The lowest BCUT2D eigenvalue weighted by atomic mass is 10.2. The summed E-state index contributed by atoms with van der Waals surface area (Å²) in [6.45, 7) is 2.64. The average molecular weight is 309 g/mol. The highest BCUT2D eigenvalue weighted by Crippen LogP contribution is 2.16. The second-order valence-corrected chi connectivity index (χ2v) is 5.05. The van der Waals surface area contributed by atoms with Gasteiger partial charge in [-0.2, -0.15) is 0 Å². The third-order valence-corrected chi connectivity index (χ3v) is 3.12. The van der Waals surface area contributed by atoms with E-state index < -0.39 is 0 Å². The van der Waals surface area contributed by atoms with Crippen molar-refractivity contribution in [2.75, 3.05) is 0 Å². The Morgan fingerprint density at radius 1 is 1.33 bits per heavy atom. The van der Waals surface area contributed by atoms with Crippen LogP contribution < -0.4 is 5.32 Å². The first-order chi connectivity index (χ1) is 8.65. The van der Waals surface area contributed by atoms with E-state index in [-0.39, 0.29) is 11.9 Å². The summed E-state index contributed by atoms with van der Waals surface area (Å²) in [5.41, 5.74) is 1.89. The van der Waals surface area contributed by atoms with Gasteiger partial charge in [0, 0.05) is 23.3 Å². The summed E-state index contributed by atoms with van der Waals surface area (Å²) in [6.07, 6.45) is 1.77. The lowest BCUT2D eigenvalue weighted by Crippen LogP contribution is -2.19. The maximum Gasteiger partial charge on any atom is 0.124 e. The van der Waals surface area contributed by atoms with E-state index in [1.54, 1.807) is 6.20 Å². The van der Waals surface area contributed by atoms with E-state index in [1.807, 2.05) is 31.2 Å². The Balaban J connectivity index is 1.99. The Kier molecular flexibility index (Phi) is 4.44. The Bertz CT molecular complexity index is 496. The summed E-state index contributed by atoms with van der Waals surface area (Å²) < 4.78 is 14.0. The molecule has 1 atom stereocenters. The van der Waals surface area contributed by atoms with Crippen LogP contribution in [-0.2, 0) is 6.54 Å². The highest BCUT2D eigenvalue weighted by atomic mass is 79.9. The minimum absolute atomic E-state index is 0.133. The Labute approximate surface area is 114 Å². The zero-order valence-electron chi connectivity index (χ0n) is 10.0. The molecule has 1 aromatic heterocycles. The van der Waals surface area contributed by atoms with Crippen molar-refractivity contribution in [3.8, 4) is 0 Å². The standard InChI is InChI=1S/C14H14BrFN2/c1-10(14-4-2-3-5-17-14)18-9-11-6-12(15)8-13(16)7-11/h2-8,10,18H,9H2,1H3/t10-/m1/s1. The summed E-state index contributed by atoms with van der Waals surface area (Å²) in [5.74, 6) is -0.230. The molecule has 0 aliphatic carbocycles. The fourth-order valence-corrected chi connectivity index (χ4v) is 2.23. The Morgan fingerprint density at radius 3 is 2.83 bits per heavy atom. The van der Waals surface area contributed by atoms with Crippen LogP contribution in [0.15, 0.2) is 47.1 Å². The summed E-state index contributed by atoms with van der Waals surface area (Å²) in [5, 5.41) is 3.32. The van der Waals surface area contributed by atoms with E-state index >= 15 is 0 Å². The molecule has 2 rings (SSSR count). The van der Waals surface area contributed by atoms with Gasteiger partial charge in [0.25, 0.3) is 0 Å². The third-order valence-electron chi connectivity index (χ3n) is 2.67.